The van der Waals surface area contributed by atoms with E-state index in [4.69, 9.17) is 0 Å². The third kappa shape index (κ3) is 3.63. The van der Waals surface area contributed by atoms with Gasteiger partial charge >= 0.3 is 0 Å². The minimum Gasteiger partial charge on any atom is -0.352 e. The zero-order valence-electron chi connectivity index (χ0n) is 13.5. The summed E-state index contributed by atoms with van der Waals surface area (Å²) < 4.78 is 13.7. The van der Waals surface area contributed by atoms with Crippen molar-refractivity contribution in [2.24, 2.45) is 0 Å². The first-order valence-corrected chi connectivity index (χ1v) is 8.64. The first-order valence-electron chi connectivity index (χ1n) is 8.64. The number of hydrogen-bond acceptors (Lipinski definition) is 2. The molecule has 1 aromatic carbocycles. The number of rotatable bonds is 4. The summed E-state index contributed by atoms with van der Waals surface area (Å²) in [4.78, 5) is 13.0. The molecule has 1 aromatic rings. The molecule has 2 N–H and O–H groups in total. The number of hydrogen-bond donors (Lipinski definition) is 2. The van der Waals surface area contributed by atoms with Crippen LogP contribution in [0.5, 0.6) is 0 Å². The monoisotopic (exact) mass is 316 g/mol. The van der Waals surface area contributed by atoms with Crippen molar-refractivity contribution in [1.29, 1.82) is 0 Å². The smallest absolute Gasteiger partial charge is 0.230 e. The number of amides is 1. The van der Waals surface area contributed by atoms with Crippen LogP contribution in [0.25, 0.3) is 0 Å². The van der Waals surface area contributed by atoms with Gasteiger partial charge in [0, 0.05) is 13.1 Å². The Balaban J connectivity index is 1.78. The van der Waals surface area contributed by atoms with Crippen LogP contribution in [0.15, 0.2) is 35.9 Å². The van der Waals surface area contributed by atoms with Crippen LogP contribution in [0.4, 0.5) is 4.39 Å². The van der Waals surface area contributed by atoms with E-state index in [-0.39, 0.29) is 11.7 Å². The SMILES string of the molecule is O=C(NCC1=CCNCC1)C1(c2cccc(F)c2)CCCCC1. The van der Waals surface area contributed by atoms with E-state index in [9.17, 15) is 9.18 Å². The third-order valence-corrected chi connectivity index (χ3v) is 5.15. The molecule has 0 bridgehead atoms. The van der Waals surface area contributed by atoms with Gasteiger partial charge in [0.25, 0.3) is 0 Å². The Labute approximate surface area is 137 Å². The van der Waals surface area contributed by atoms with Gasteiger partial charge in [-0.25, -0.2) is 4.39 Å². The van der Waals surface area contributed by atoms with Crippen LogP contribution in [-0.4, -0.2) is 25.5 Å². The molecule has 0 spiro atoms. The second-order valence-corrected chi connectivity index (χ2v) is 6.65. The number of carbonyl (C=O) groups is 1. The largest absolute Gasteiger partial charge is 0.352 e. The highest BCUT2D eigenvalue weighted by molar-refractivity contribution is 5.88. The predicted molar refractivity (Wildman–Crippen MR) is 89.7 cm³/mol. The highest BCUT2D eigenvalue weighted by atomic mass is 19.1. The third-order valence-electron chi connectivity index (χ3n) is 5.15. The van der Waals surface area contributed by atoms with Gasteiger partial charge in [0.2, 0.25) is 5.91 Å². The fraction of sp³-hybridized carbons (Fsp3) is 0.526. The first kappa shape index (κ1) is 16.2. The lowest BCUT2D eigenvalue weighted by molar-refractivity contribution is -0.127. The molecule has 0 radical (unpaired) electrons. The first-order chi connectivity index (χ1) is 11.2. The Morgan fingerprint density at radius 1 is 1.26 bits per heavy atom. The number of benzene rings is 1. The van der Waals surface area contributed by atoms with Crippen molar-refractivity contribution < 1.29 is 9.18 Å². The maximum absolute atomic E-state index is 13.7. The summed E-state index contributed by atoms with van der Waals surface area (Å²) in [5.74, 6) is -0.205. The van der Waals surface area contributed by atoms with Crippen molar-refractivity contribution in [1.82, 2.24) is 10.6 Å². The van der Waals surface area contributed by atoms with E-state index >= 15 is 0 Å². The minimum absolute atomic E-state index is 0.0576. The summed E-state index contributed by atoms with van der Waals surface area (Å²) in [6.45, 7) is 2.45. The molecule has 0 saturated heterocycles. The molecule has 1 heterocycles. The summed E-state index contributed by atoms with van der Waals surface area (Å²) in [5.41, 5.74) is 1.55. The van der Waals surface area contributed by atoms with Gasteiger partial charge in [-0.1, -0.05) is 43.0 Å². The molecule has 3 rings (SSSR count). The lowest BCUT2D eigenvalue weighted by Crippen LogP contribution is -2.46. The maximum Gasteiger partial charge on any atom is 0.230 e. The average Bonchev–Trinajstić information content (AvgIpc) is 2.61. The van der Waals surface area contributed by atoms with E-state index in [1.165, 1.54) is 17.7 Å². The van der Waals surface area contributed by atoms with E-state index in [2.05, 4.69) is 16.7 Å². The van der Waals surface area contributed by atoms with Gasteiger partial charge in [0.1, 0.15) is 5.82 Å². The van der Waals surface area contributed by atoms with Crippen molar-refractivity contribution in [2.75, 3.05) is 19.6 Å². The molecule has 4 heteroatoms. The summed E-state index contributed by atoms with van der Waals surface area (Å²) >= 11 is 0. The Bertz CT molecular complexity index is 591. The molecule has 3 nitrogen and oxygen atoms in total. The van der Waals surface area contributed by atoms with Crippen molar-refractivity contribution in [3.63, 3.8) is 0 Å². The Hall–Kier alpha value is -1.68. The van der Waals surface area contributed by atoms with Gasteiger partial charge < -0.3 is 10.6 Å². The van der Waals surface area contributed by atoms with Crippen LogP contribution in [-0.2, 0) is 10.2 Å². The zero-order valence-corrected chi connectivity index (χ0v) is 13.5. The lowest BCUT2D eigenvalue weighted by atomic mass is 9.68. The van der Waals surface area contributed by atoms with E-state index < -0.39 is 5.41 Å². The molecule has 2 aliphatic rings. The summed E-state index contributed by atoms with van der Waals surface area (Å²) in [6, 6.07) is 6.59. The Morgan fingerprint density at radius 3 is 2.78 bits per heavy atom. The van der Waals surface area contributed by atoms with Gasteiger partial charge in [0.05, 0.1) is 5.41 Å². The normalized spacial score (nSPS) is 20.7. The van der Waals surface area contributed by atoms with Crippen molar-refractivity contribution in [3.8, 4) is 0 Å². The number of halogens is 1. The van der Waals surface area contributed by atoms with Crippen LogP contribution in [0.1, 0.15) is 44.1 Å². The van der Waals surface area contributed by atoms with Crippen LogP contribution in [0.2, 0.25) is 0 Å². The van der Waals surface area contributed by atoms with E-state index in [0.717, 1.165) is 57.2 Å². The second-order valence-electron chi connectivity index (χ2n) is 6.65. The highest BCUT2D eigenvalue weighted by Crippen LogP contribution is 2.40. The average molecular weight is 316 g/mol. The van der Waals surface area contributed by atoms with Crippen molar-refractivity contribution in [2.45, 2.75) is 43.9 Å². The highest BCUT2D eigenvalue weighted by Gasteiger charge is 2.41. The molecule has 124 valence electrons. The Morgan fingerprint density at radius 2 is 2.09 bits per heavy atom. The molecule has 23 heavy (non-hydrogen) atoms. The minimum atomic E-state index is -0.562. The van der Waals surface area contributed by atoms with Gasteiger partial charge in [-0.3, -0.25) is 4.79 Å². The molecule has 1 saturated carbocycles. The molecular weight excluding hydrogens is 291 g/mol. The van der Waals surface area contributed by atoms with Crippen LogP contribution in [0, 0.1) is 5.82 Å². The van der Waals surface area contributed by atoms with Crippen LogP contribution < -0.4 is 10.6 Å². The molecule has 0 unspecified atom stereocenters. The molecule has 1 fully saturated rings. The summed E-state index contributed by atoms with van der Waals surface area (Å²) in [6.07, 6.45) is 7.95. The van der Waals surface area contributed by atoms with Crippen molar-refractivity contribution >= 4 is 5.91 Å². The number of carbonyl (C=O) groups excluding carboxylic acids is 1. The van der Waals surface area contributed by atoms with E-state index in [1.54, 1.807) is 6.07 Å². The standard InChI is InChI=1S/C19H25FN2O/c20-17-6-4-5-16(13-17)19(9-2-1-3-10-19)18(23)22-14-15-7-11-21-12-8-15/h4-7,13,21H,1-3,8-12,14H2,(H,22,23). The second kappa shape index (κ2) is 7.26. The lowest BCUT2D eigenvalue weighted by Gasteiger charge is -2.36. The molecule has 1 amide bonds. The van der Waals surface area contributed by atoms with Gasteiger partial charge in [-0.15, -0.1) is 0 Å². The topological polar surface area (TPSA) is 41.1 Å². The fourth-order valence-electron chi connectivity index (χ4n) is 3.78. The molecule has 1 aliphatic heterocycles. The Kier molecular flexibility index (Phi) is 5.11. The number of nitrogens with one attached hydrogen (secondary N) is 2. The van der Waals surface area contributed by atoms with Gasteiger partial charge in [-0.05, 0) is 43.5 Å². The van der Waals surface area contributed by atoms with Crippen molar-refractivity contribution in [3.05, 3.63) is 47.3 Å². The maximum atomic E-state index is 13.7. The summed E-state index contributed by atoms with van der Waals surface area (Å²) in [7, 11) is 0. The van der Waals surface area contributed by atoms with E-state index in [1.807, 2.05) is 6.07 Å². The zero-order chi connectivity index (χ0) is 16.1. The molecule has 0 aromatic heterocycles. The van der Waals surface area contributed by atoms with E-state index in [0.29, 0.717) is 6.54 Å². The van der Waals surface area contributed by atoms with Gasteiger partial charge in [-0.2, -0.15) is 0 Å². The fourth-order valence-corrected chi connectivity index (χ4v) is 3.78. The quantitative estimate of drug-likeness (QED) is 0.838. The summed E-state index contributed by atoms with van der Waals surface area (Å²) in [5, 5.41) is 6.40. The van der Waals surface area contributed by atoms with Gasteiger partial charge in [0.15, 0.2) is 0 Å². The molecular formula is C19H25FN2O. The molecule has 1 aliphatic carbocycles. The van der Waals surface area contributed by atoms with Crippen LogP contribution in [0.3, 0.4) is 0 Å². The molecule has 0 atom stereocenters. The van der Waals surface area contributed by atoms with Crippen LogP contribution >= 0.6 is 0 Å². The predicted octanol–water partition coefficient (Wildman–Crippen LogP) is 3.06.